The molecule has 0 unspecified atom stereocenters. The predicted molar refractivity (Wildman–Crippen MR) is 91.7 cm³/mol. The topological polar surface area (TPSA) is 99.0 Å². The number of nitrogens with one attached hydrogen (secondary N) is 1. The predicted octanol–water partition coefficient (Wildman–Crippen LogP) is 1.70. The molecule has 0 bridgehead atoms. The van der Waals surface area contributed by atoms with E-state index < -0.39 is 17.9 Å². The van der Waals surface area contributed by atoms with Crippen LogP contribution in [0.4, 0.5) is 0 Å². The van der Waals surface area contributed by atoms with Gasteiger partial charge in [-0.1, -0.05) is 37.6 Å². The van der Waals surface area contributed by atoms with Crippen molar-refractivity contribution in [2.45, 2.75) is 32.9 Å². The molecule has 1 atom stereocenters. The van der Waals surface area contributed by atoms with Crippen molar-refractivity contribution in [3.8, 4) is 11.4 Å². The second kappa shape index (κ2) is 8.57. The SMILES string of the molecule is COC(=O)[C@@H](CC(C)C)NC(=O)Cn1nnc(-c2cccc(Cl)c2)n1. The number of carbonyl (C=O) groups excluding carboxylic acids is 2. The van der Waals surface area contributed by atoms with Gasteiger partial charge in [0.2, 0.25) is 11.7 Å². The maximum atomic E-state index is 12.2. The van der Waals surface area contributed by atoms with Gasteiger partial charge in [-0.05, 0) is 29.7 Å². The number of halogens is 1. The molecule has 8 nitrogen and oxygen atoms in total. The highest BCUT2D eigenvalue weighted by Gasteiger charge is 2.23. The Morgan fingerprint density at radius 2 is 2.12 bits per heavy atom. The molecule has 134 valence electrons. The van der Waals surface area contributed by atoms with Crippen molar-refractivity contribution >= 4 is 23.5 Å². The molecule has 1 amide bonds. The first-order valence-corrected chi connectivity index (χ1v) is 8.17. The summed E-state index contributed by atoms with van der Waals surface area (Å²) in [6.45, 7) is 3.76. The lowest BCUT2D eigenvalue weighted by Gasteiger charge is -2.17. The first-order chi connectivity index (χ1) is 11.9. The number of rotatable bonds is 7. The lowest BCUT2D eigenvalue weighted by Crippen LogP contribution is -2.43. The van der Waals surface area contributed by atoms with Gasteiger partial charge in [0.25, 0.3) is 0 Å². The van der Waals surface area contributed by atoms with Crippen molar-refractivity contribution in [1.82, 2.24) is 25.5 Å². The molecule has 2 aromatic rings. The van der Waals surface area contributed by atoms with Gasteiger partial charge in [-0.15, -0.1) is 10.2 Å². The van der Waals surface area contributed by atoms with Crippen molar-refractivity contribution in [2.75, 3.05) is 7.11 Å². The molecule has 0 aliphatic rings. The van der Waals surface area contributed by atoms with E-state index in [0.29, 0.717) is 22.8 Å². The zero-order chi connectivity index (χ0) is 18.4. The van der Waals surface area contributed by atoms with E-state index in [4.69, 9.17) is 16.3 Å². The fourth-order valence-electron chi connectivity index (χ4n) is 2.25. The molecule has 1 aromatic heterocycles. The fraction of sp³-hybridized carbons (Fsp3) is 0.438. The quantitative estimate of drug-likeness (QED) is 0.750. The fourth-order valence-corrected chi connectivity index (χ4v) is 2.44. The number of esters is 1. The number of nitrogens with zero attached hydrogens (tertiary/aromatic N) is 4. The third-order valence-corrected chi connectivity index (χ3v) is 3.58. The van der Waals surface area contributed by atoms with Gasteiger partial charge in [-0.3, -0.25) is 4.79 Å². The van der Waals surface area contributed by atoms with Crippen LogP contribution in [0.1, 0.15) is 20.3 Å². The second-order valence-corrected chi connectivity index (χ2v) is 6.36. The first kappa shape index (κ1) is 18.9. The Morgan fingerprint density at radius 3 is 2.76 bits per heavy atom. The summed E-state index contributed by atoms with van der Waals surface area (Å²) < 4.78 is 4.72. The largest absolute Gasteiger partial charge is 0.467 e. The van der Waals surface area contributed by atoms with Gasteiger partial charge >= 0.3 is 5.97 Å². The van der Waals surface area contributed by atoms with Crippen molar-refractivity contribution in [3.63, 3.8) is 0 Å². The van der Waals surface area contributed by atoms with E-state index in [1.165, 1.54) is 7.11 Å². The first-order valence-electron chi connectivity index (χ1n) is 7.80. The summed E-state index contributed by atoms with van der Waals surface area (Å²) in [6, 6.07) is 6.32. The molecule has 0 radical (unpaired) electrons. The van der Waals surface area contributed by atoms with Crippen LogP contribution in [-0.4, -0.2) is 45.2 Å². The number of ether oxygens (including phenoxy) is 1. The highest BCUT2D eigenvalue weighted by Crippen LogP contribution is 2.18. The summed E-state index contributed by atoms with van der Waals surface area (Å²) in [4.78, 5) is 25.1. The van der Waals surface area contributed by atoms with Gasteiger partial charge < -0.3 is 10.1 Å². The molecule has 0 saturated carbocycles. The van der Waals surface area contributed by atoms with Gasteiger partial charge in [0.15, 0.2) is 0 Å². The highest BCUT2D eigenvalue weighted by atomic mass is 35.5. The molecule has 25 heavy (non-hydrogen) atoms. The molecular weight excluding hydrogens is 346 g/mol. The summed E-state index contributed by atoms with van der Waals surface area (Å²) >= 11 is 5.94. The normalized spacial score (nSPS) is 12.0. The van der Waals surface area contributed by atoms with Crippen LogP contribution in [0.3, 0.4) is 0 Å². The molecule has 0 aliphatic carbocycles. The van der Waals surface area contributed by atoms with E-state index in [0.717, 1.165) is 4.80 Å². The Bertz CT molecular complexity index is 747. The van der Waals surface area contributed by atoms with Crippen LogP contribution in [-0.2, 0) is 20.9 Å². The number of carbonyl (C=O) groups is 2. The van der Waals surface area contributed by atoms with E-state index >= 15 is 0 Å². The lowest BCUT2D eigenvalue weighted by atomic mass is 10.0. The van der Waals surface area contributed by atoms with E-state index in [-0.39, 0.29) is 12.5 Å². The molecule has 2 rings (SSSR count). The van der Waals surface area contributed by atoms with E-state index in [2.05, 4.69) is 20.7 Å². The van der Waals surface area contributed by atoms with Crippen molar-refractivity contribution in [1.29, 1.82) is 0 Å². The van der Waals surface area contributed by atoms with Crippen LogP contribution in [0, 0.1) is 5.92 Å². The third-order valence-electron chi connectivity index (χ3n) is 3.35. The number of hydrogen-bond acceptors (Lipinski definition) is 6. The van der Waals surface area contributed by atoms with E-state index in [1.54, 1.807) is 24.3 Å². The van der Waals surface area contributed by atoms with Crippen molar-refractivity contribution in [3.05, 3.63) is 29.3 Å². The van der Waals surface area contributed by atoms with Crippen molar-refractivity contribution in [2.24, 2.45) is 5.92 Å². The van der Waals surface area contributed by atoms with Crippen LogP contribution in [0.25, 0.3) is 11.4 Å². The maximum Gasteiger partial charge on any atom is 0.328 e. The highest BCUT2D eigenvalue weighted by molar-refractivity contribution is 6.30. The second-order valence-electron chi connectivity index (χ2n) is 5.93. The molecule has 0 saturated heterocycles. The van der Waals surface area contributed by atoms with Crippen LogP contribution < -0.4 is 5.32 Å². The molecule has 0 spiro atoms. The Morgan fingerprint density at radius 1 is 1.36 bits per heavy atom. The van der Waals surface area contributed by atoms with E-state index in [1.807, 2.05) is 13.8 Å². The van der Waals surface area contributed by atoms with Crippen LogP contribution in [0.15, 0.2) is 24.3 Å². The number of benzene rings is 1. The van der Waals surface area contributed by atoms with E-state index in [9.17, 15) is 9.59 Å². The number of hydrogen-bond donors (Lipinski definition) is 1. The summed E-state index contributed by atoms with van der Waals surface area (Å²) in [5.41, 5.74) is 0.700. The molecule has 1 aromatic carbocycles. The molecule has 0 aliphatic heterocycles. The van der Waals surface area contributed by atoms with Gasteiger partial charge in [0, 0.05) is 10.6 Å². The summed E-state index contributed by atoms with van der Waals surface area (Å²) in [5.74, 6) is -0.287. The average Bonchev–Trinajstić information content (AvgIpc) is 3.01. The lowest BCUT2D eigenvalue weighted by molar-refractivity contribution is -0.145. The number of tetrazole rings is 1. The molecule has 1 N–H and O–H groups in total. The van der Waals surface area contributed by atoms with Crippen LogP contribution >= 0.6 is 11.6 Å². The Labute approximate surface area is 150 Å². The monoisotopic (exact) mass is 365 g/mol. The smallest absolute Gasteiger partial charge is 0.328 e. The third kappa shape index (κ3) is 5.53. The molecule has 9 heteroatoms. The number of methoxy groups -OCH3 is 1. The minimum Gasteiger partial charge on any atom is -0.467 e. The number of aromatic nitrogens is 4. The Kier molecular flexibility index (Phi) is 6.46. The maximum absolute atomic E-state index is 12.2. The summed E-state index contributed by atoms with van der Waals surface area (Å²) in [6.07, 6.45) is 0.483. The molecule has 1 heterocycles. The van der Waals surface area contributed by atoms with Gasteiger partial charge in [0.05, 0.1) is 7.11 Å². The van der Waals surface area contributed by atoms with Crippen LogP contribution in [0.2, 0.25) is 5.02 Å². The Hall–Kier alpha value is -2.48. The Balaban J connectivity index is 2.01. The van der Waals surface area contributed by atoms with Crippen molar-refractivity contribution < 1.29 is 14.3 Å². The minimum atomic E-state index is -0.701. The zero-order valence-electron chi connectivity index (χ0n) is 14.3. The summed E-state index contributed by atoms with van der Waals surface area (Å²) in [7, 11) is 1.29. The summed E-state index contributed by atoms with van der Waals surface area (Å²) in [5, 5.41) is 15.1. The minimum absolute atomic E-state index is 0.154. The van der Waals surface area contributed by atoms with Crippen LogP contribution in [0.5, 0.6) is 0 Å². The standard InChI is InChI=1S/C16H20ClN5O3/c1-10(2)7-13(16(24)25-3)18-14(23)9-22-20-15(19-21-22)11-5-4-6-12(17)8-11/h4-6,8,10,13H,7,9H2,1-3H3,(H,18,23)/t13-/m1/s1. The number of amides is 1. The average molecular weight is 366 g/mol. The zero-order valence-corrected chi connectivity index (χ0v) is 15.0. The van der Waals surface area contributed by atoms with Gasteiger partial charge in [-0.2, -0.15) is 4.80 Å². The van der Waals surface area contributed by atoms with Gasteiger partial charge in [-0.25, -0.2) is 4.79 Å². The molecule has 0 fully saturated rings. The molecular formula is C16H20ClN5O3. The van der Waals surface area contributed by atoms with Gasteiger partial charge in [0.1, 0.15) is 12.6 Å².